The molecular weight excluding hydrogens is 627 g/mol. The Morgan fingerprint density at radius 3 is 1.94 bits per heavy atom. The second kappa shape index (κ2) is 12.8. The van der Waals surface area contributed by atoms with Crippen molar-refractivity contribution in [3.05, 3.63) is 150 Å². The van der Waals surface area contributed by atoms with E-state index in [1.165, 1.54) is 131 Å². The maximum absolute atomic E-state index is 2.57. The number of anilines is 3. The van der Waals surface area contributed by atoms with Crippen molar-refractivity contribution in [2.75, 3.05) is 4.90 Å². The van der Waals surface area contributed by atoms with Gasteiger partial charge in [-0.05, 0) is 142 Å². The van der Waals surface area contributed by atoms with Crippen LogP contribution in [-0.4, -0.2) is 0 Å². The molecule has 11 rings (SSSR count). The second-order valence-electron chi connectivity index (χ2n) is 17.1. The van der Waals surface area contributed by atoms with Crippen molar-refractivity contribution < 1.29 is 0 Å². The molecule has 1 unspecified atom stereocenters. The summed E-state index contributed by atoms with van der Waals surface area (Å²) in [6.07, 6.45) is 13.8. The molecule has 1 heteroatoms. The first-order valence-corrected chi connectivity index (χ1v) is 20.3. The summed E-state index contributed by atoms with van der Waals surface area (Å²) in [5.74, 6) is 3.20. The zero-order valence-corrected chi connectivity index (χ0v) is 31.0. The molecule has 6 aromatic rings. The van der Waals surface area contributed by atoms with E-state index in [9.17, 15) is 0 Å². The summed E-state index contributed by atoms with van der Waals surface area (Å²) in [6.45, 7) is 4.87. The molecule has 260 valence electrons. The zero-order valence-electron chi connectivity index (χ0n) is 31.0. The molecule has 4 saturated carbocycles. The highest BCUT2D eigenvalue weighted by Crippen LogP contribution is 2.56. The van der Waals surface area contributed by atoms with Gasteiger partial charge in [0.2, 0.25) is 0 Å². The molecule has 0 N–H and O–H groups in total. The molecule has 6 aromatic carbocycles. The molecule has 0 radical (unpaired) electrons. The van der Waals surface area contributed by atoms with Crippen molar-refractivity contribution in [2.45, 2.75) is 95.3 Å². The van der Waals surface area contributed by atoms with Crippen molar-refractivity contribution in [1.82, 2.24) is 0 Å². The van der Waals surface area contributed by atoms with Crippen LogP contribution in [0.15, 0.2) is 127 Å². The van der Waals surface area contributed by atoms with E-state index < -0.39 is 0 Å². The topological polar surface area (TPSA) is 3.24 Å². The van der Waals surface area contributed by atoms with Crippen molar-refractivity contribution in [3.63, 3.8) is 0 Å². The molecule has 0 aromatic heterocycles. The van der Waals surface area contributed by atoms with Crippen LogP contribution < -0.4 is 4.90 Å². The van der Waals surface area contributed by atoms with Gasteiger partial charge in [0.25, 0.3) is 0 Å². The lowest BCUT2D eigenvalue weighted by molar-refractivity contribution is 0.145. The van der Waals surface area contributed by atoms with Crippen LogP contribution in [0.25, 0.3) is 33.0 Å². The minimum atomic E-state index is -0.149. The molecule has 52 heavy (non-hydrogen) atoms. The van der Waals surface area contributed by atoms with Gasteiger partial charge in [0, 0.05) is 22.4 Å². The first kappa shape index (κ1) is 32.1. The molecule has 0 aliphatic heterocycles. The van der Waals surface area contributed by atoms with Gasteiger partial charge in [-0.1, -0.05) is 137 Å². The van der Waals surface area contributed by atoms with Gasteiger partial charge in [-0.15, -0.1) is 0 Å². The molecule has 0 spiro atoms. The van der Waals surface area contributed by atoms with Gasteiger partial charge in [-0.2, -0.15) is 0 Å². The average molecular weight is 678 g/mol. The van der Waals surface area contributed by atoms with E-state index in [-0.39, 0.29) is 5.41 Å². The zero-order chi connectivity index (χ0) is 34.8. The van der Waals surface area contributed by atoms with Crippen molar-refractivity contribution in [3.8, 4) is 22.3 Å². The third-order valence-electron chi connectivity index (χ3n) is 13.8. The Labute approximate surface area is 310 Å². The third kappa shape index (κ3) is 5.34. The number of rotatable bonds is 6. The van der Waals surface area contributed by atoms with Gasteiger partial charge in [-0.3, -0.25) is 0 Å². The van der Waals surface area contributed by atoms with Gasteiger partial charge >= 0.3 is 0 Å². The summed E-state index contributed by atoms with van der Waals surface area (Å²) in [4.78, 5) is 2.57. The van der Waals surface area contributed by atoms with Crippen LogP contribution in [0.5, 0.6) is 0 Å². The normalized spacial score (nSPS) is 21.9. The molecule has 5 aliphatic rings. The van der Waals surface area contributed by atoms with E-state index in [1.807, 2.05) is 0 Å². The second-order valence-corrected chi connectivity index (χ2v) is 17.1. The summed E-state index contributed by atoms with van der Waals surface area (Å²) in [5, 5.41) is 2.57. The maximum Gasteiger partial charge on any atom is 0.0543 e. The van der Waals surface area contributed by atoms with Crippen molar-refractivity contribution in [2.24, 2.45) is 11.8 Å². The highest BCUT2D eigenvalue weighted by Gasteiger charge is 2.40. The molecule has 1 atom stereocenters. The van der Waals surface area contributed by atoms with E-state index in [0.717, 1.165) is 17.8 Å². The Kier molecular flexibility index (Phi) is 7.89. The average Bonchev–Trinajstić information content (AvgIpc) is 3.45. The Balaban J connectivity index is 1.17. The van der Waals surface area contributed by atoms with Gasteiger partial charge in [0.1, 0.15) is 0 Å². The SMILES string of the molecule is CC1(C)c2ccccc2-c2ccc(N(c3ccc(C4CCCCC4)cc3)c3ccc(C4CC5CCC4CC5)cc3)c(-c3ccc4ccccc4c3)c21. The van der Waals surface area contributed by atoms with Crippen LogP contribution in [0.3, 0.4) is 0 Å². The predicted molar refractivity (Wildman–Crippen MR) is 220 cm³/mol. The highest BCUT2D eigenvalue weighted by atomic mass is 15.1. The van der Waals surface area contributed by atoms with E-state index in [4.69, 9.17) is 0 Å². The number of nitrogens with zero attached hydrogens (tertiary/aromatic N) is 1. The summed E-state index contributed by atoms with van der Waals surface area (Å²) in [7, 11) is 0. The third-order valence-corrected chi connectivity index (χ3v) is 13.8. The molecule has 0 heterocycles. The Morgan fingerprint density at radius 2 is 1.23 bits per heavy atom. The molecular formula is C51H51N. The first-order valence-electron chi connectivity index (χ1n) is 20.3. The van der Waals surface area contributed by atoms with Gasteiger partial charge in [-0.25, -0.2) is 0 Å². The number of fused-ring (bicyclic) bond motifs is 7. The monoisotopic (exact) mass is 677 g/mol. The van der Waals surface area contributed by atoms with E-state index >= 15 is 0 Å². The highest BCUT2D eigenvalue weighted by molar-refractivity contribution is 5.99. The lowest BCUT2D eigenvalue weighted by Gasteiger charge is -2.42. The lowest BCUT2D eigenvalue weighted by atomic mass is 9.63. The van der Waals surface area contributed by atoms with Crippen molar-refractivity contribution >= 4 is 27.8 Å². The van der Waals surface area contributed by atoms with Crippen LogP contribution >= 0.6 is 0 Å². The van der Waals surface area contributed by atoms with E-state index in [1.54, 1.807) is 5.56 Å². The van der Waals surface area contributed by atoms with Crippen LogP contribution in [0.4, 0.5) is 17.1 Å². The quantitative estimate of drug-likeness (QED) is 0.170. The van der Waals surface area contributed by atoms with E-state index in [0.29, 0.717) is 5.92 Å². The predicted octanol–water partition coefficient (Wildman–Crippen LogP) is 14.6. The minimum Gasteiger partial charge on any atom is -0.310 e. The minimum absolute atomic E-state index is 0.149. The number of hydrogen-bond acceptors (Lipinski definition) is 1. The maximum atomic E-state index is 2.57. The lowest BCUT2D eigenvalue weighted by Crippen LogP contribution is -2.29. The smallest absolute Gasteiger partial charge is 0.0543 e. The standard InChI is InChI=1S/C51H51N/c1-51(2)47-15-9-8-14-44(47)45-30-31-48(49(50(45)51)41-21-20-36-12-6-7-13-40(36)33-41)52(42-26-22-37(23-27-42)35-10-4-3-5-11-35)43-28-24-39(25-29-43)46-32-34-16-18-38(46)19-17-34/h6-9,12-15,20-31,33-35,38,46H,3-5,10-11,16-19,32H2,1-2H3. The fourth-order valence-corrected chi connectivity index (χ4v) is 11.1. The number of hydrogen-bond donors (Lipinski definition) is 0. The number of benzene rings is 6. The fraction of sp³-hybridized carbons (Fsp3) is 0.333. The van der Waals surface area contributed by atoms with Crippen LogP contribution in [0, 0.1) is 11.8 Å². The fourth-order valence-electron chi connectivity index (χ4n) is 11.1. The Morgan fingerprint density at radius 1 is 0.558 bits per heavy atom. The summed E-state index contributed by atoms with van der Waals surface area (Å²) >= 11 is 0. The summed E-state index contributed by atoms with van der Waals surface area (Å²) in [6, 6.07) is 49.4. The Bertz CT molecular complexity index is 2240. The van der Waals surface area contributed by atoms with Crippen LogP contribution in [0.2, 0.25) is 0 Å². The van der Waals surface area contributed by atoms with Gasteiger partial charge in [0.15, 0.2) is 0 Å². The molecule has 5 aliphatic carbocycles. The molecule has 1 nitrogen and oxygen atoms in total. The first-order chi connectivity index (χ1) is 25.5. The van der Waals surface area contributed by atoms with E-state index in [2.05, 4.69) is 146 Å². The van der Waals surface area contributed by atoms with Gasteiger partial charge in [0.05, 0.1) is 5.69 Å². The summed E-state index contributed by atoms with van der Waals surface area (Å²) < 4.78 is 0. The molecule has 4 fully saturated rings. The van der Waals surface area contributed by atoms with Gasteiger partial charge < -0.3 is 4.90 Å². The van der Waals surface area contributed by atoms with Crippen LogP contribution in [-0.2, 0) is 5.41 Å². The molecule has 2 bridgehead atoms. The molecule has 0 saturated heterocycles. The summed E-state index contributed by atoms with van der Waals surface area (Å²) in [5.41, 5.74) is 14.8. The molecule has 0 amide bonds. The van der Waals surface area contributed by atoms with Crippen LogP contribution in [0.1, 0.15) is 112 Å². The van der Waals surface area contributed by atoms with Crippen molar-refractivity contribution in [1.29, 1.82) is 0 Å². The Hall–Kier alpha value is -4.62. The largest absolute Gasteiger partial charge is 0.310 e.